The third-order valence-corrected chi connectivity index (χ3v) is 12.7. The van der Waals surface area contributed by atoms with Gasteiger partial charge in [-0.25, -0.2) is 17.6 Å². The Morgan fingerprint density at radius 1 is 1.02 bits per heavy atom. The maximum atomic E-state index is 14.3. The Labute approximate surface area is 269 Å². The Kier molecular flexibility index (Phi) is 8.90. The molecule has 0 radical (unpaired) electrons. The molecule has 0 bridgehead atoms. The molecule has 11 nitrogen and oxygen atoms in total. The van der Waals surface area contributed by atoms with Crippen LogP contribution in [-0.2, 0) is 42.2 Å². The average Bonchev–Trinajstić information content (AvgIpc) is 3.85. The zero-order chi connectivity index (χ0) is 32.7. The predicted molar refractivity (Wildman–Crippen MR) is 166 cm³/mol. The minimum absolute atomic E-state index is 0.00120. The number of carbonyl (C=O) groups is 4. The molecule has 2 N–H and O–H groups in total. The summed E-state index contributed by atoms with van der Waals surface area (Å²) in [5, 5.41) is 2.78. The average molecular weight is 659 g/mol. The molecule has 6 rings (SSSR count). The van der Waals surface area contributed by atoms with Crippen LogP contribution >= 0.6 is 0 Å². The molecule has 4 atom stereocenters. The lowest BCUT2D eigenvalue weighted by atomic mass is 10.1. The van der Waals surface area contributed by atoms with Crippen molar-refractivity contribution in [3.05, 3.63) is 47.8 Å². The number of carbonyl (C=O) groups excluding carboxylic acids is 4. The molecule has 1 aromatic carbocycles. The number of nitrogens with one attached hydrogen (secondary N) is 2. The fraction of sp³-hybridized carbons (Fsp3) is 0.636. The van der Waals surface area contributed by atoms with Crippen LogP contribution in [0.2, 0.25) is 0 Å². The van der Waals surface area contributed by atoms with Crippen LogP contribution in [0.5, 0.6) is 0 Å². The smallest absolute Gasteiger partial charge is 0.410 e. The Hall–Kier alpha value is -3.48. The summed E-state index contributed by atoms with van der Waals surface area (Å²) in [6, 6.07) is 3.66. The first kappa shape index (κ1) is 32.5. The molecule has 0 unspecified atom stereocenters. The highest BCUT2D eigenvalue weighted by atomic mass is 32.2. The van der Waals surface area contributed by atoms with Crippen molar-refractivity contribution in [2.45, 2.75) is 119 Å². The number of fused-ring (bicyclic) bond motifs is 2. The highest BCUT2D eigenvalue weighted by Gasteiger charge is 2.63. The molecule has 2 aliphatic carbocycles. The van der Waals surface area contributed by atoms with Crippen molar-refractivity contribution in [2.75, 3.05) is 6.54 Å². The van der Waals surface area contributed by atoms with Gasteiger partial charge in [0.25, 0.3) is 5.91 Å². The standard InChI is InChI=1S/C33H43FN4O7S/c1-2-23-18-33(23)30(41)36-46(43,44)32(15-16-32)14-9-7-5-3-4-6-8-13-28(39)38-20-24(17-27(38)29(40)35-33)45-31(42)37-19-22-11-10-12-26(34)25(22)21-37/h2,10-12,23-24,27H,1,3-9,13-21H2,(H,35,40)(H,36,41)/t23-,24-,27+,33-/m1/s1. The molecule has 3 heterocycles. The van der Waals surface area contributed by atoms with Gasteiger partial charge in [-0.2, -0.15) is 0 Å². The Balaban J connectivity index is 1.19. The zero-order valence-electron chi connectivity index (χ0n) is 26.1. The van der Waals surface area contributed by atoms with Crippen molar-refractivity contribution in [3.63, 3.8) is 0 Å². The molecule has 2 saturated carbocycles. The summed E-state index contributed by atoms with van der Waals surface area (Å²) in [5.41, 5.74) is -0.368. The third-order valence-electron chi connectivity index (χ3n) is 10.5. The van der Waals surface area contributed by atoms with Gasteiger partial charge in [0.1, 0.15) is 23.5 Å². The summed E-state index contributed by atoms with van der Waals surface area (Å²) in [6.07, 6.45) is 8.01. The minimum Gasteiger partial charge on any atom is -0.444 e. The van der Waals surface area contributed by atoms with Gasteiger partial charge in [-0.15, -0.1) is 6.58 Å². The van der Waals surface area contributed by atoms with Crippen molar-refractivity contribution in [3.8, 4) is 0 Å². The normalized spacial score (nSPS) is 31.2. The second-order valence-electron chi connectivity index (χ2n) is 13.6. The van der Waals surface area contributed by atoms with E-state index in [2.05, 4.69) is 16.6 Å². The molecule has 4 fully saturated rings. The van der Waals surface area contributed by atoms with Gasteiger partial charge in [-0.1, -0.05) is 56.7 Å². The lowest BCUT2D eigenvalue weighted by Crippen LogP contribution is -2.57. The molecular formula is C33H43FN4O7S. The number of halogens is 1. The largest absolute Gasteiger partial charge is 0.444 e. The second kappa shape index (κ2) is 12.6. The van der Waals surface area contributed by atoms with E-state index in [0.717, 1.165) is 38.5 Å². The quantitative estimate of drug-likeness (QED) is 0.461. The van der Waals surface area contributed by atoms with Gasteiger partial charge in [0, 0.05) is 30.9 Å². The lowest BCUT2D eigenvalue weighted by molar-refractivity contribution is -0.139. The van der Waals surface area contributed by atoms with Crippen molar-refractivity contribution in [1.82, 2.24) is 19.8 Å². The molecule has 2 saturated heterocycles. The highest BCUT2D eigenvalue weighted by Crippen LogP contribution is 2.49. The van der Waals surface area contributed by atoms with Crippen LogP contribution in [-0.4, -0.2) is 71.0 Å². The summed E-state index contributed by atoms with van der Waals surface area (Å²) in [5.74, 6) is -2.53. The molecule has 46 heavy (non-hydrogen) atoms. The van der Waals surface area contributed by atoms with Crippen LogP contribution in [0, 0.1) is 11.7 Å². The number of hydrogen-bond acceptors (Lipinski definition) is 7. The van der Waals surface area contributed by atoms with E-state index in [1.807, 2.05) is 0 Å². The first-order chi connectivity index (χ1) is 22.0. The Morgan fingerprint density at radius 2 is 1.74 bits per heavy atom. The number of ether oxygens (including phenoxy) is 1. The van der Waals surface area contributed by atoms with E-state index in [1.54, 1.807) is 12.1 Å². The first-order valence-corrected chi connectivity index (χ1v) is 18.0. The van der Waals surface area contributed by atoms with E-state index in [4.69, 9.17) is 4.74 Å². The monoisotopic (exact) mass is 658 g/mol. The predicted octanol–water partition coefficient (Wildman–Crippen LogP) is 3.81. The summed E-state index contributed by atoms with van der Waals surface area (Å²) >= 11 is 0. The van der Waals surface area contributed by atoms with Crippen LogP contribution in [0.15, 0.2) is 30.9 Å². The van der Waals surface area contributed by atoms with E-state index in [-0.39, 0.29) is 44.8 Å². The summed E-state index contributed by atoms with van der Waals surface area (Å²) in [7, 11) is -3.98. The van der Waals surface area contributed by atoms with Crippen molar-refractivity contribution < 1.29 is 36.7 Å². The Morgan fingerprint density at radius 3 is 2.41 bits per heavy atom. The van der Waals surface area contributed by atoms with Crippen LogP contribution in [0.1, 0.15) is 94.6 Å². The van der Waals surface area contributed by atoms with Gasteiger partial charge in [-0.05, 0) is 43.7 Å². The van der Waals surface area contributed by atoms with E-state index in [9.17, 15) is 32.0 Å². The van der Waals surface area contributed by atoms with Crippen LogP contribution in [0.3, 0.4) is 0 Å². The van der Waals surface area contributed by atoms with Crippen LogP contribution < -0.4 is 10.0 Å². The number of hydrogen-bond donors (Lipinski definition) is 2. The second-order valence-corrected chi connectivity index (χ2v) is 15.7. The van der Waals surface area contributed by atoms with Crippen molar-refractivity contribution in [2.24, 2.45) is 5.92 Å². The molecule has 0 aromatic heterocycles. The molecule has 3 aliphatic heterocycles. The van der Waals surface area contributed by atoms with Crippen molar-refractivity contribution >= 4 is 33.8 Å². The van der Waals surface area contributed by atoms with E-state index < -0.39 is 62.1 Å². The number of amides is 4. The summed E-state index contributed by atoms with van der Waals surface area (Å²) < 4.78 is 48.2. The Bertz CT molecular complexity index is 1530. The minimum atomic E-state index is -3.98. The highest BCUT2D eigenvalue weighted by molar-refractivity contribution is 7.91. The molecule has 5 aliphatic rings. The van der Waals surface area contributed by atoms with Gasteiger partial charge in [-0.3, -0.25) is 24.0 Å². The lowest BCUT2D eigenvalue weighted by Gasteiger charge is -2.27. The first-order valence-electron chi connectivity index (χ1n) is 16.5. The van der Waals surface area contributed by atoms with Crippen molar-refractivity contribution in [1.29, 1.82) is 0 Å². The number of rotatable bonds is 2. The SMILES string of the molecule is C=C[C@@H]1C[C@@]12NC(=O)[C@@H]1C[C@@H](OC(=O)N3Cc4cccc(F)c4C3)CN1C(=O)CCCCCCCCCC1(CC1)S(=O)(=O)NC2=O. The molecule has 4 amide bonds. The maximum Gasteiger partial charge on any atom is 0.410 e. The molecule has 2 spiro atoms. The molecular weight excluding hydrogens is 615 g/mol. The molecule has 250 valence electrons. The van der Waals surface area contributed by atoms with Gasteiger partial charge < -0.3 is 15.0 Å². The zero-order valence-corrected chi connectivity index (χ0v) is 26.9. The van der Waals surface area contributed by atoms with Crippen LogP contribution in [0.4, 0.5) is 9.18 Å². The summed E-state index contributed by atoms with van der Waals surface area (Å²) in [6.45, 7) is 4.02. The van der Waals surface area contributed by atoms with E-state index >= 15 is 0 Å². The maximum absolute atomic E-state index is 14.3. The summed E-state index contributed by atoms with van der Waals surface area (Å²) in [4.78, 5) is 56.8. The number of nitrogens with zero attached hydrogens (tertiary/aromatic N) is 2. The van der Waals surface area contributed by atoms with E-state index in [0.29, 0.717) is 36.8 Å². The third kappa shape index (κ3) is 6.26. The molecule has 13 heteroatoms. The fourth-order valence-corrected chi connectivity index (χ4v) is 9.03. The van der Waals surface area contributed by atoms with Crippen LogP contribution in [0.25, 0.3) is 0 Å². The topological polar surface area (TPSA) is 142 Å². The fourth-order valence-electron chi connectivity index (χ4n) is 7.34. The van der Waals surface area contributed by atoms with Gasteiger partial charge >= 0.3 is 6.09 Å². The number of benzene rings is 1. The van der Waals surface area contributed by atoms with Gasteiger partial charge in [0.2, 0.25) is 21.8 Å². The van der Waals surface area contributed by atoms with E-state index in [1.165, 1.54) is 21.9 Å². The van der Waals surface area contributed by atoms with Gasteiger partial charge in [0.05, 0.1) is 17.8 Å². The molecule has 1 aromatic rings. The number of sulfonamides is 1. The van der Waals surface area contributed by atoms with Gasteiger partial charge in [0.15, 0.2) is 0 Å².